The molecule has 0 bridgehead atoms. The zero-order valence-electron chi connectivity index (χ0n) is 7.82. The van der Waals surface area contributed by atoms with Crippen LogP contribution in [0, 0.1) is 22.0 Å². The molecule has 15 heavy (non-hydrogen) atoms. The second-order valence-corrected chi connectivity index (χ2v) is 2.75. The van der Waals surface area contributed by atoms with Crippen LogP contribution in [-0.2, 0) is 0 Å². The van der Waals surface area contributed by atoms with Crippen LogP contribution < -0.4 is 5.32 Å². The van der Waals surface area contributed by atoms with Crippen molar-refractivity contribution in [1.29, 1.82) is 0 Å². The molecule has 0 amide bonds. The third-order valence-electron chi connectivity index (χ3n) is 1.46. The van der Waals surface area contributed by atoms with E-state index in [0.717, 1.165) is 6.20 Å². The van der Waals surface area contributed by atoms with Crippen molar-refractivity contribution in [1.82, 2.24) is 9.97 Å². The number of nitrogens with zero attached hydrogens (tertiary/aromatic N) is 3. The summed E-state index contributed by atoms with van der Waals surface area (Å²) in [5, 5.41) is 13.2. The van der Waals surface area contributed by atoms with Gasteiger partial charge in [0.1, 0.15) is 6.20 Å². The standard InChI is InChI=1S/C8H7ClN4O2/c1-2-3-4-10-7-6(13(14)15)5-11-8(9)12-7/h5H,4H2,1H3,(H,10,11,12). The van der Waals surface area contributed by atoms with Crippen molar-refractivity contribution >= 4 is 23.1 Å². The van der Waals surface area contributed by atoms with Gasteiger partial charge in [0.25, 0.3) is 0 Å². The first-order valence-corrected chi connectivity index (χ1v) is 4.33. The van der Waals surface area contributed by atoms with Crippen molar-refractivity contribution in [2.24, 2.45) is 0 Å². The highest BCUT2D eigenvalue weighted by atomic mass is 35.5. The lowest BCUT2D eigenvalue weighted by molar-refractivity contribution is -0.384. The van der Waals surface area contributed by atoms with Gasteiger partial charge < -0.3 is 5.32 Å². The minimum absolute atomic E-state index is 0.0486. The average Bonchev–Trinajstić information content (AvgIpc) is 2.18. The molecule has 0 unspecified atom stereocenters. The Morgan fingerprint density at radius 2 is 2.47 bits per heavy atom. The van der Waals surface area contributed by atoms with Gasteiger partial charge in [-0.2, -0.15) is 4.98 Å². The summed E-state index contributed by atoms with van der Waals surface area (Å²) in [6.07, 6.45) is 1.05. The van der Waals surface area contributed by atoms with E-state index in [2.05, 4.69) is 27.1 Å². The fourth-order valence-electron chi connectivity index (χ4n) is 0.834. The molecule has 1 heterocycles. The highest BCUT2D eigenvalue weighted by molar-refractivity contribution is 6.28. The van der Waals surface area contributed by atoms with Gasteiger partial charge in [0.15, 0.2) is 0 Å². The third kappa shape index (κ3) is 3.07. The number of hydrogen-bond acceptors (Lipinski definition) is 5. The Bertz CT molecular complexity index is 438. The van der Waals surface area contributed by atoms with Crippen LogP contribution in [-0.4, -0.2) is 21.4 Å². The number of nitrogens with one attached hydrogen (secondary N) is 1. The molecule has 0 aliphatic carbocycles. The summed E-state index contributed by atoms with van der Waals surface area (Å²) in [5.41, 5.74) is -0.225. The Kier molecular flexibility index (Phi) is 3.83. The summed E-state index contributed by atoms with van der Waals surface area (Å²) in [5.74, 6) is 5.41. The zero-order chi connectivity index (χ0) is 11.3. The van der Waals surface area contributed by atoms with Gasteiger partial charge >= 0.3 is 5.69 Å². The van der Waals surface area contributed by atoms with Crippen molar-refractivity contribution in [3.05, 3.63) is 21.6 Å². The lowest BCUT2D eigenvalue weighted by Crippen LogP contribution is -2.05. The van der Waals surface area contributed by atoms with Gasteiger partial charge in [-0.15, -0.1) is 5.92 Å². The molecular formula is C8H7ClN4O2. The molecule has 78 valence electrons. The molecule has 0 saturated carbocycles. The zero-order valence-corrected chi connectivity index (χ0v) is 8.58. The Hall–Kier alpha value is -1.87. The van der Waals surface area contributed by atoms with E-state index in [-0.39, 0.29) is 23.3 Å². The third-order valence-corrected chi connectivity index (χ3v) is 1.64. The Balaban J connectivity index is 2.95. The molecule has 0 spiro atoms. The van der Waals surface area contributed by atoms with E-state index in [1.54, 1.807) is 6.92 Å². The predicted octanol–water partition coefficient (Wildman–Crippen LogP) is 1.47. The first-order valence-electron chi connectivity index (χ1n) is 3.95. The summed E-state index contributed by atoms with van der Waals surface area (Å²) >= 11 is 5.51. The fourth-order valence-corrected chi connectivity index (χ4v) is 0.967. The molecule has 1 aromatic heterocycles. The number of rotatable bonds is 3. The molecule has 0 atom stereocenters. The maximum absolute atomic E-state index is 10.6. The highest BCUT2D eigenvalue weighted by Crippen LogP contribution is 2.21. The average molecular weight is 227 g/mol. The second kappa shape index (κ2) is 5.12. The van der Waals surface area contributed by atoms with Gasteiger partial charge in [-0.05, 0) is 18.5 Å². The summed E-state index contributed by atoms with van der Waals surface area (Å²) in [4.78, 5) is 17.2. The van der Waals surface area contributed by atoms with Crippen molar-refractivity contribution in [2.75, 3.05) is 11.9 Å². The van der Waals surface area contributed by atoms with Crippen LogP contribution in [0.25, 0.3) is 0 Å². The van der Waals surface area contributed by atoms with Crippen molar-refractivity contribution in [2.45, 2.75) is 6.92 Å². The lowest BCUT2D eigenvalue weighted by Gasteiger charge is -2.01. The molecule has 0 saturated heterocycles. The van der Waals surface area contributed by atoms with E-state index >= 15 is 0 Å². The number of halogens is 1. The van der Waals surface area contributed by atoms with Crippen LogP contribution in [0.3, 0.4) is 0 Å². The first-order chi connectivity index (χ1) is 7.15. The SMILES string of the molecule is CC#CCNc1nc(Cl)ncc1[N+](=O)[O-]. The van der Waals surface area contributed by atoms with Gasteiger partial charge in [-0.1, -0.05) is 5.92 Å². The van der Waals surface area contributed by atoms with Gasteiger partial charge in [0.2, 0.25) is 11.1 Å². The van der Waals surface area contributed by atoms with Gasteiger partial charge in [-0.3, -0.25) is 10.1 Å². The van der Waals surface area contributed by atoms with Gasteiger partial charge in [0.05, 0.1) is 11.5 Å². The number of aromatic nitrogens is 2. The molecule has 1 rings (SSSR count). The molecule has 0 aliphatic rings. The van der Waals surface area contributed by atoms with Crippen molar-refractivity contribution in [3.63, 3.8) is 0 Å². The predicted molar refractivity (Wildman–Crippen MR) is 55.6 cm³/mol. The van der Waals surface area contributed by atoms with Crippen molar-refractivity contribution in [3.8, 4) is 11.8 Å². The maximum atomic E-state index is 10.6. The molecule has 0 aliphatic heterocycles. The van der Waals surface area contributed by atoms with Crippen LogP contribution in [0.15, 0.2) is 6.20 Å². The molecule has 0 aromatic carbocycles. The number of nitro groups is 1. The minimum atomic E-state index is -0.585. The normalized spacial score (nSPS) is 8.93. The minimum Gasteiger partial charge on any atom is -0.353 e. The van der Waals surface area contributed by atoms with Gasteiger partial charge in [-0.25, -0.2) is 4.98 Å². The van der Waals surface area contributed by atoms with E-state index in [9.17, 15) is 10.1 Å². The smallest absolute Gasteiger partial charge is 0.329 e. The van der Waals surface area contributed by atoms with E-state index in [4.69, 9.17) is 11.6 Å². The molecule has 7 heteroatoms. The van der Waals surface area contributed by atoms with E-state index < -0.39 is 4.92 Å². The lowest BCUT2D eigenvalue weighted by atomic mass is 10.4. The number of hydrogen-bond donors (Lipinski definition) is 1. The molecule has 1 aromatic rings. The van der Waals surface area contributed by atoms with Crippen molar-refractivity contribution < 1.29 is 4.92 Å². The highest BCUT2D eigenvalue weighted by Gasteiger charge is 2.15. The second-order valence-electron chi connectivity index (χ2n) is 2.41. The summed E-state index contributed by atoms with van der Waals surface area (Å²) < 4.78 is 0. The topological polar surface area (TPSA) is 81.0 Å². The Morgan fingerprint density at radius 3 is 3.07 bits per heavy atom. The quantitative estimate of drug-likeness (QED) is 0.365. The number of anilines is 1. The van der Waals surface area contributed by atoms with Crippen LogP contribution in [0.1, 0.15) is 6.92 Å². The van der Waals surface area contributed by atoms with Crippen LogP contribution in [0.2, 0.25) is 5.28 Å². The molecular weight excluding hydrogens is 220 g/mol. The van der Waals surface area contributed by atoms with E-state index in [0.29, 0.717) is 0 Å². The summed E-state index contributed by atoms with van der Waals surface area (Å²) in [7, 11) is 0. The molecule has 1 N–H and O–H groups in total. The van der Waals surface area contributed by atoms with Crippen LogP contribution in [0.4, 0.5) is 11.5 Å². The Morgan fingerprint density at radius 1 is 1.73 bits per heavy atom. The van der Waals surface area contributed by atoms with E-state index in [1.165, 1.54) is 0 Å². The molecule has 6 nitrogen and oxygen atoms in total. The van der Waals surface area contributed by atoms with Crippen LogP contribution in [0.5, 0.6) is 0 Å². The summed E-state index contributed by atoms with van der Waals surface area (Å²) in [6, 6.07) is 0. The maximum Gasteiger partial charge on any atom is 0.329 e. The molecule has 0 fully saturated rings. The largest absolute Gasteiger partial charge is 0.353 e. The monoisotopic (exact) mass is 226 g/mol. The molecule has 0 radical (unpaired) electrons. The summed E-state index contributed by atoms with van der Waals surface area (Å²) in [6.45, 7) is 1.94. The Labute approximate surface area is 90.8 Å². The van der Waals surface area contributed by atoms with Gasteiger partial charge in [0, 0.05) is 0 Å². The van der Waals surface area contributed by atoms with E-state index in [1.807, 2.05) is 0 Å². The first kappa shape index (κ1) is 11.2. The fraction of sp³-hybridized carbons (Fsp3) is 0.250. The van der Waals surface area contributed by atoms with Crippen LogP contribution >= 0.6 is 11.6 Å².